The summed E-state index contributed by atoms with van der Waals surface area (Å²) in [5.41, 5.74) is 0. The monoisotopic (exact) mass is 153 g/mol. The Balaban J connectivity index is 3.16. The second-order valence-electron chi connectivity index (χ2n) is 1.91. The summed E-state index contributed by atoms with van der Waals surface area (Å²) in [7, 11) is 1.72. The van der Waals surface area contributed by atoms with Gasteiger partial charge in [-0.1, -0.05) is 6.08 Å². The standard InChI is InChI=1S/C8H15N3/c1-3-10-6-4-5-7-11-8-9-2/h3,5,7-8H,4,6H2,1-2H3,(H,9,11)/b7-5+,10-3?. The van der Waals surface area contributed by atoms with Crippen LogP contribution < -0.4 is 5.32 Å². The molecule has 0 rings (SSSR count). The maximum atomic E-state index is 4.05. The van der Waals surface area contributed by atoms with Gasteiger partial charge in [-0.25, -0.2) is 0 Å². The van der Waals surface area contributed by atoms with E-state index in [1.165, 1.54) is 0 Å². The lowest BCUT2D eigenvalue weighted by molar-refractivity contribution is 1.00. The molecule has 0 aliphatic heterocycles. The third kappa shape index (κ3) is 8.88. The summed E-state index contributed by atoms with van der Waals surface area (Å²) in [6, 6.07) is 0. The molecule has 0 amide bonds. The molecule has 0 saturated heterocycles. The quantitative estimate of drug-likeness (QED) is 0.360. The first-order valence-corrected chi connectivity index (χ1v) is 3.68. The van der Waals surface area contributed by atoms with Crippen molar-refractivity contribution in [1.29, 1.82) is 0 Å². The average Bonchev–Trinajstić information content (AvgIpc) is 2.03. The molecule has 3 nitrogen and oxygen atoms in total. The van der Waals surface area contributed by atoms with Crippen LogP contribution in [0.25, 0.3) is 0 Å². The van der Waals surface area contributed by atoms with Crippen LogP contribution in [0.4, 0.5) is 0 Å². The van der Waals surface area contributed by atoms with E-state index in [0.29, 0.717) is 0 Å². The molecule has 0 unspecified atom stereocenters. The zero-order chi connectivity index (χ0) is 8.36. The predicted octanol–water partition coefficient (Wildman–Crippen LogP) is 1.23. The second kappa shape index (κ2) is 8.88. The molecular weight excluding hydrogens is 138 g/mol. The normalized spacial score (nSPS) is 12.2. The highest BCUT2D eigenvalue weighted by molar-refractivity contribution is 5.55. The minimum Gasteiger partial charge on any atom is -0.353 e. The lowest BCUT2D eigenvalue weighted by Gasteiger charge is -1.87. The van der Waals surface area contributed by atoms with Gasteiger partial charge in [-0.3, -0.25) is 9.98 Å². The molecular formula is C8H15N3. The number of rotatable bonds is 5. The predicted molar refractivity (Wildman–Crippen MR) is 50.3 cm³/mol. The molecule has 0 saturated carbocycles. The minimum absolute atomic E-state index is 0.859. The van der Waals surface area contributed by atoms with Gasteiger partial charge in [0.2, 0.25) is 0 Å². The van der Waals surface area contributed by atoms with Crippen LogP contribution in [0.2, 0.25) is 0 Å². The van der Waals surface area contributed by atoms with Gasteiger partial charge in [0.05, 0.1) is 6.34 Å². The molecule has 0 spiro atoms. The maximum absolute atomic E-state index is 4.05. The van der Waals surface area contributed by atoms with E-state index in [2.05, 4.69) is 15.3 Å². The van der Waals surface area contributed by atoms with Gasteiger partial charge in [0.25, 0.3) is 0 Å². The van der Waals surface area contributed by atoms with Gasteiger partial charge in [-0.15, -0.1) is 0 Å². The first kappa shape index (κ1) is 9.88. The molecule has 1 N–H and O–H groups in total. The molecule has 0 aromatic carbocycles. The summed E-state index contributed by atoms with van der Waals surface area (Å²) in [6.07, 6.45) is 8.30. The molecule has 0 radical (unpaired) electrons. The van der Waals surface area contributed by atoms with E-state index in [1.807, 2.05) is 25.4 Å². The Morgan fingerprint density at radius 3 is 2.91 bits per heavy atom. The van der Waals surface area contributed by atoms with Crippen molar-refractivity contribution in [1.82, 2.24) is 5.32 Å². The van der Waals surface area contributed by atoms with E-state index in [4.69, 9.17) is 0 Å². The molecule has 0 bridgehead atoms. The molecule has 0 aromatic rings. The number of hydrogen-bond acceptors (Lipinski definition) is 2. The Kier molecular flexibility index (Phi) is 7.98. The molecule has 0 aromatic heterocycles. The van der Waals surface area contributed by atoms with Crippen LogP contribution in [0.15, 0.2) is 22.3 Å². The van der Waals surface area contributed by atoms with Gasteiger partial charge in [0.15, 0.2) is 0 Å². The summed E-state index contributed by atoms with van der Waals surface area (Å²) in [5, 5.41) is 2.89. The Bertz CT molecular complexity index is 147. The fourth-order valence-corrected chi connectivity index (χ4v) is 0.547. The van der Waals surface area contributed by atoms with E-state index in [1.54, 1.807) is 13.4 Å². The molecule has 0 fully saturated rings. The van der Waals surface area contributed by atoms with Crippen molar-refractivity contribution in [3.8, 4) is 0 Å². The molecule has 0 aliphatic carbocycles. The van der Waals surface area contributed by atoms with E-state index in [0.717, 1.165) is 13.0 Å². The van der Waals surface area contributed by atoms with Crippen LogP contribution in [0.1, 0.15) is 13.3 Å². The van der Waals surface area contributed by atoms with E-state index < -0.39 is 0 Å². The molecule has 3 heteroatoms. The molecule has 0 atom stereocenters. The maximum Gasteiger partial charge on any atom is 0.0859 e. The Morgan fingerprint density at radius 2 is 2.27 bits per heavy atom. The highest BCUT2D eigenvalue weighted by atomic mass is 14.9. The summed E-state index contributed by atoms with van der Waals surface area (Å²) in [4.78, 5) is 7.80. The van der Waals surface area contributed by atoms with Gasteiger partial charge in [-0.05, 0) is 25.8 Å². The van der Waals surface area contributed by atoms with Crippen molar-refractivity contribution in [3.63, 3.8) is 0 Å². The van der Waals surface area contributed by atoms with Crippen LogP contribution in [-0.4, -0.2) is 26.1 Å². The van der Waals surface area contributed by atoms with Gasteiger partial charge in [0.1, 0.15) is 0 Å². The Morgan fingerprint density at radius 1 is 1.45 bits per heavy atom. The number of hydrogen-bond donors (Lipinski definition) is 1. The summed E-state index contributed by atoms with van der Waals surface area (Å²) < 4.78 is 0. The van der Waals surface area contributed by atoms with Crippen LogP contribution in [0.5, 0.6) is 0 Å². The fraction of sp³-hybridized carbons (Fsp3) is 0.500. The van der Waals surface area contributed by atoms with Crippen LogP contribution in [0, 0.1) is 0 Å². The Hall–Kier alpha value is -1.12. The largest absolute Gasteiger partial charge is 0.353 e. The van der Waals surface area contributed by atoms with Crippen LogP contribution in [-0.2, 0) is 0 Å². The number of nitrogens with zero attached hydrogens (tertiary/aromatic N) is 2. The summed E-state index contributed by atoms with van der Waals surface area (Å²) in [5.74, 6) is 0. The van der Waals surface area contributed by atoms with Gasteiger partial charge < -0.3 is 5.32 Å². The summed E-state index contributed by atoms with van der Waals surface area (Å²) >= 11 is 0. The molecule has 0 aliphatic rings. The zero-order valence-electron chi connectivity index (χ0n) is 7.12. The molecule has 11 heavy (non-hydrogen) atoms. The van der Waals surface area contributed by atoms with E-state index in [9.17, 15) is 0 Å². The number of nitrogens with one attached hydrogen (secondary N) is 1. The third-order valence-electron chi connectivity index (χ3n) is 1.03. The average molecular weight is 153 g/mol. The SMILES string of the molecule is CC=NCC/C=C/NC=NC. The minimum atomic E-state index is 0.859. The van der Waals surface area contributed by atoms with Gasteiger partial charge in [0, 0.05) is 13.6 Å². The van der Waals surface area contributed by atoms with Crippen molar-refractivity contribution >= 4 is 12.6 Å². The van der Waals surface area contributed by atoms with Crippen molar-refractivity contribution in [2.45, 2.75) is 13.3 Å². The third-order valence-corrected chi connectivity index (χ3v) is 1.03. The smallest absolute Gasteiger partial charge is 0.0859 e. The van der Waals surface area contributed by atoms with Crippen molar-refractivity contribution < 1.29 is 0 Å². The van der Waals surface area contributed by atoms with Crippen molar-refractivity contribution in [2.75, 3.05) is 13.6 Å². The highest BCUT2D eigenvalue weighted by Gasteiger charge is 1.73. The highest BCUT2D eigenvalue weighted by Crippen LogP contribution is 1.80. The second-order valence-corrected chi connectivity index (χ2v) is 1.91. The van der Waals surface area contributed by atoms with Crippen LogP contribution >= 0.6 is 0 Å². The topological polar surface area (TPSA) is 36.8 Å². The van der Waals surface area contributed by atoms with Gasteiger partial charge in [-0.2, -0.15) is 0 Å². The van der Waals surface area contributed by atoms with Gasteiger partial charge >= 0.3 is 0 Å². The van der Waals surface area contributed by atoms with E-state index >= 15 is 0 Å². The first-order valence-electron chi connectivity index (χ1n) is 3.68. The Labute approximate surface area is 67.9 Å². The lowest BCUT2D eigenvalue weighted by atomic mass is 10.4. The lowest BCUT2D eigenvalue weighted by Crippen LogP contribution is -1.99. The van der Waals surface area contributed by atoms with Crippen LogP contribution in [0.3, 0.4) is 0 Å². The molecule has 0 heterocycles. The van der Waals surface area contributed by atoms with Crippen molar-refractivity contribution in [3.05, 3.63) is 12.3 Å². The first-order chi connectivity index (χ1) is 5.41. The van der Waals surface area contributed by atoms with E-state index in [-0.39, 0.29) is 0 Å². The number of aliphatic imine (C=N–C) groups is 2. The fourth-order valence-electron chi connectivity index (χ4n) is 0.547. The van der Waals surface area contributed by atoms with Crippen molar-refractivity contribution in [2.24, 2.45) is 9.98 Å². The summed E-state index contributed by atoms with van der Waals surface area (Å²) in [6.45, 7) is 2.78. The molecule has 62 valence electrons. The zero-order valence-corrected chi connectivity index (χ0v) is 7.12.